The van der Waals surface area contributed by atoms with Crippen LogP contribution in [0.25, 0.3) is 0 Å². The van der Waals surface area contributed by atoms with Gasteiger partial charge >= 0.3 is 5.97 Å². The molecule has 0 bridgehead atoms. The van der Waals surface area contributed by atoms with E-state index in [9.17, 15) is 14.0 Å². The number of hydrogen-bond donors (Lipinski definition) is 0. The van der Waals surface area contributed by atoms with Crippen molar-refractivity contribution in [2.75, 3.05) is 13.7 Å². The lowest BCUT2D eigenvalue weighted by Crippen LogP contribution is -2.30. The Morgan fingerprint density at radius 2 is 2.11 bits per heavy atom. The molecule has 0 unspecified atom stereocenters. The highest BCUT2D eigenvalue weighted by Crippen LogP contribution is 2.11. The Morgan fingerprint density at radius 1 is 1.26 bits per heavy atom. The van der Waals surface area contributed by atoms with E-state index < -0.39 is 18.5 Å². The first-order chi connectivity index (χ1) is 13.0. The summed E-state index contributed by atoms with van der Waals surface area (Å²) >= 11 is 0. The minimum absolute atomic E-state index is 0.0118. The van der Waals surface area contributed by atoms with E-state index in [4.69, 9.17) is 9.15 Å². The molecule has 0 saturated carbocycles. The third kappa shape index (κ3) is 5.04. The maximum Gasteiger partial charge on any atom is 0.374 e. The lowest BCUT2D eigenvalue weighted by molar-refractivity contribution is -0.133. The molecule has 0 saturated heterocycles. The summed E-state index contributed by atoms with van der Waals surface area (Å²) in [5.41, 5.74) is 0.645. The molecule has 0 spiro atoms. The summed E-state index contributed by atoms with van der Waals surface area (Å²) in [6.07, 6.45) is 3.41. The molecule has 1 aromatic carbocycles. The van der Waals surface area contributed by atoms with Crippen LogP contribution in [0, 0.1) is 5.82 Å². The quantitative estimate of drug-likeness (QED) is 0.596. The van der Waals surface area contributed by atoms with Gasteiger partial charge in [0.1, 0.15) is 11.6 Å². The summed E-state index contributed by atoms with van der Waals surface area (Å²) in [5.74, 6) is -0.952. The number of rotatable bonds is 7. The second kappa shape index (κ2) is 8.31. The standard InChI is InChI=1S/C19H18FN3O4/c1-22(11-14-4-2-5-15(20)10-14)18(24)13-26-19(25)17-7-6-16(27-17)12-23-9-3-8-21-23/h2-10H,11-13H2,1H3. The smallest absolute Gasteiger partial charge is 0.374 e. The molecule has 0 atom stereocenters. The number of carbonyl (C=O) groups excluding carboxylic acids is 2. The zero-order valence-corrected chi connectivity index (χ0v) is 14.7. The highest BCUT2D eigenvalue weighted by Gasteiger charge is 2.17. The molecule has 140 valence electrons. The van der Waals surface area contributed by atoms with Crippen LogP contribution in [0.15, 0.2) is 59.3 Å². The molecule has 0 N–H and O–H groups in total. The number of halogens is 1. The van der Waals surface area contributed by atoms with Crippen molar-refractivity contribution < 1.29 is 23.1 Å². The van der Waals surface area contributed by atoms with Gasteiger partial charge in [0.15, 0.2) is 6.61 Å². The van der Waals surface area contributed by atoms with Gasteiger partial charge < -0.3 is 14.1 Å². The van der Waals surface area contributed by atoms with E-state index >= 15 is 0 Å². The lowest BCUT2D eigenvalue weighted by Gasteiger charge is -2.17. The van der Waals surface area contributed by atoms with Crippen LogP contribution in [0.4, 0.5) is 4.39 Å². The molecule has 0 aliphatic carbocycles. The topological polar surface area (TPSA) is 77.6 Å². The van der Waals surface area contributed by atoms with Gasteiger partial charge in [-0.1, -0.05) is 12.1 Å². The third-order valence-electron chi connectivity index (χ3n) is 3.80. The third-order valence-corrected chi connectivity index (χ3v) is 3.80. The number of hydrogen-bond acceptors (Lipinski definition) is 5. The minimum Gasteiger partial charge on any atom is -0.452 e. The molecule has 0 aliphatic rings. The maximum absolute atomic E-state index is 13.2. The van der Waals surface area contributed by atoms with Crippen molar-refractivity contribution in [1.82, 2.24) is 14.7 Å². The molecular weight excluding hydrogens is 353 g/mol. The first-order valence-electron chi connectivity index (χ1n) is 8.23. The van der Waals surface area contributed by atoms with Crippen LogP contribution in [0.1, 0.15) is 21.9 Å². The number of amides is 1. The summed E-state index contributed by atoms with van der Waals surface area (Å²) in [7, 11) is 1.55. The van der Waals surface area contributed by atoms with E-state index in [1.54, 1.807) is 48.4 Å². The molecule has 1 amide bonds. The van der Waals surface area contributed by atoms with Crippen LogP contribution < -0.4 is 0 Å². The average Bonchev–Trinajstić information content (AvgIpc) is 3.32. The van der Waals surface area contributed by atoms with E-state index in [0.717, 1.165) is 0 Å². The fourth-order valence-corrected chi connectivity index (χ4v) is 2.43. The van der Waals surface area contributed by atoms with Crippen molar-refractivity contribution in [3.8, 4) is 0 Å². The Bertz CT molecular complexity index is 921. The zero-order valence-electron chi connectivity index (χ0n) is 14.7. The summed E-state index contributed by atoms with van der Waals surface area (Å²) in [5, 5.41) is 4.05. The number of carbonyl (C=O) groups is 2. The minimum atomic E-state index is -0.728. The van der Waals surface area contributed by atoms with Crippen LogP contribution in [0.2, 0.25) is 0 Å². The van der Waals surface area contributed by atoms with Gasteiger partial charge in [-0.15, -0.1) is 0 Å². The Hall–Kier alpha value is -3.42. The Kier molecular flexibility index (Phi) is 5.65. The number of furan rings is 1. The van der Waals surface area contributed by atoms with Gasteiger partial charge in [-0.2, -0.15) is 5.10 Å². The van der Waals surface area contributed by atoms with E-state index in [-0.39, 0.29) is 18.1 Å². The monoisotopic (exact) mass is 371 g/mol. The fourth-order valence-electron chi connectivity index (χ4n) is 2.43. The number of benzene rings is 1. The molecule has 2 aromatic heterocycles. The van der Waals surface area contributed by atoms with E-state index in [1.807, 2.05) is 0 Å². The molecule has 0 aliphatic heterocycles. The molecule has 7 nitrogen and oxygen atoms in total. The Morgan fingerprint density at radius 3 is 2.85 bits per heavy atom. The predicted molar refractivity (Wildman–Crippen MR) is 93.2 cm³/mol. The maximum atomic E-state index is 13.2. The first-order valence-corrected chi connectivity index (χ1v) is 8.23. The summed E-state index contributed by atoms with van der Waals surface area (Å²) < 4.78 is 25.3. The Labute approximate surface area is 154 Å². The van der Waals surface area contributed by atoms with E-state index in [1.165, 1.54) is 23.1 Å². The number of likely N-dealkylation sites (N-methyl/N-ethyl adjacent to an activating group) is 1. The van der Waals surface area contributed by atoms with Crippen LogP contribution in [0.5, 0.6) is 0 Å². The molecule has 3 rings (SSSR count). The van der Waals surface area contributed by atoms with Gasteiger partial charge in [-0.25, -0.2) is 9.18 Å². The van der Waals surface area contributed by atoms with Crippen molar-refractivity contribution >= 4 is 11.9 Å². The van der Waals surface area contributed by atoms with Gasteiger partial charge in [-0.3, -0.25) is 9.48 Å². The van der Waals surface area contributed by atoms with Crippen LogP contribution in [-0.4, -0.2) is 40.2 Å². The number of aromatic nitrogens is 2. The second-order valence-corrected chi connectivity index (χ2v) is 5.93. The van der Waals surface area contributed by atoms with E-state index in [0.29, 0.717) is 17.9 Å². The predicted octanol–water partition coefficient (Wildman–Crippen LogP) is 2.48. The van der Waals surface area contributed by atoms with Crippen molar-refractivity contribution in [1.29, 1.82) is 0 Å². The van der Waals surface area contributed by atoms with Crippen LogP contribution in [0.3, 0.4) is 0 Å². The summed E-state index contributed by atoms with van der Waals surface area (Å²) in [4.78, 5) is 25.5. The molecule has 2 heterocycles. The SMILES string of the molecule is CN(Cc1cccc(F)c1)C(=O)COC(=O)c1ccc(Cn2cccn2)o1. The van der Waals surface area contributed by atoms with Crippen molar-refractivity contribution in [2.24, 2.45) is 0 Å². The number of nitrogens with zero attached hydrogens (tertiary/aromatic N) is 3. The van der Waals surface area contributed by atoms with Gasteiger partial charge in [0.25, 0.3) is 5.91 Å². The summed E-state index contributed by atoms with van der Waals surface area (Å²) in [6.45, 7) is 0.165. The number of esters is 1. The second-order valence-electron chi connectivity index (χ2n) is 5.93. The lowest BCUT2D eigenvalue weighted by atomic mass is 10.2. The normalized spacial score (nSPS) is 10.6. The first kappa shape index (κ1) is 18.4. The van der Waals surface area contributed by atoms with Gasteiger partial charge in [0.05, 0.1) is 6.54 Å². The van der Waals surface area contributed by atoms with Gasteiger partial charge in [-0.05, 0) is 35.9 Å². The van der Waals surface area contributed by atoms with Crippen molar-refractivity contribution in [3.05, 3.63) is 77.8 Å². The molecule has 0 radical (unpaired) electrons. The molecule has 3 aromatic rings. The summed E-state index contributed by atoms with van der Waals surface area (Å²) in [6, 6.07) is 10.9. The number of ether oxygens (including phenoxy) is 1. The Balaban J connectivity index is 1.49. The van der Waals surface area contributed by atoms with Crippen LogP contribution >= 0.6 is 0 Å². The van der Waals surface area contributed by atoms with Crippen LogP contribution in [-0.2, 0) is 22.6 Å². The zero-order chi connectivity index (χ0) is 19.2. The molecular formula is C19H18FN3O4. The average molecular weight is 371 g/mol. The highest BCUT2D eigenvalue weighted by molar-refractivity contribution is 5.88. The van der Waals surface area contributed by atoms with E-state index in [2.05, 4.69) is 5.10 Å². The molecule has 27 heavy (non-hydrogen) atoms. The molecule has 8 heteroatoms. The van der Waals surface area contributed by atoms with Gasteiger partial charge in [0.2, 0.25) is 5.76 Å². The largest absolute Gasteiger partial charge is 0.452 e. The van der Waals surface area contributed by atoms with Crippen molar-refractivity contribution in [2.45, 2.75) is 13.1 Å². The molecule has 0 fully saturated rings. The van der Waals surface area contributed by atoms with Gasteiger partial charge in [0, 0.05) is 26.0 Å². The van der Waals surface area contributed by atoms with Crippen molar-refractivity contribution in [3.63, 3.8) is 0 Å². The highest BCUT2D eigenvalue weighted by atomic mass is 19.1. The fraction of sp³-hybridized carbons (Fsp3) is 0.211.